The summed E-state index contributed by atoms with van der Waals surface area (Å²) in [6.45, 7) is 32.4. The highest BCUT2D eigenvalue weighted by atomic mass is 79.9. The number of aryl methyl sites for hydroxylation is 12. The average Bonchev–Trinajstić information content (AvgIpc) is 4.33. The van der Waals surface area contributed by atoms with Crippen molar-refractivity contribution in [1.82, 2.24) is 9.97 Å². The second-order valence-corrected chi connectivity index (χ2v) is 27.8. The summed E-state index contributed by atoms with van der Waals surface area (Å²) in [5.41, 5.74) is 6.25. The number of hydrogen-bond donors (Lipinski definition) is 0. The number of alkyl halides is 9. The predicted octanol–water partition coefficient (Wildman–Crippen LogP) is 24.6. The molecule has 0 radical (unpaired) electrons. The van der Waals surface area contributed by atoms with Crippen LogP contribution in [0, 0.1) is 83.1 Å². The molecule has 10 rings (SSSR count). The number of halogens is 11. The van der Waals surface area contributed by atoms with Crippen molar-refractivity contribution in [2.75, 3.05) is 19.0 Å². The summed E-state index contributed by atoms with van der Waals surface area (Å²) in [7, 11) is 0. The third-order valence-corrected chi connectivity index (χ3v) is 20.4. The molecule has 82 heavy (non-hydrogen) atoms. The Morgan fingerprint density at radius 1 is 0.524 bits per heavy atom. The maximum absolute atomic E-state index is 12.0. The van der Waals surface area contributed by atoms with Crippen LogP contribution in [0.3, 0.4) is 0 Å². The van der Waals surface area contributed by atoms with Crippen molar-refractivity contribution in [2.45, 2.75) is 142 Å². The molecule has 24 heteroatoms. The zero-order chi connectivity index (χ0) is 62.5. The smallest absolute Gasteiger partial charge is 0.427 e. The fraction of sp³-hybridized carbons (Fsp3) is 0.414. The first-order chi connectivity index (χ1) is 38.1. The van der Waals surface area contributed by atoms with E-state index in [-0.39, 0.29) is 11.4 Å². The molecule has 456 valence electrons. The van der Waals surface area contributed by atoms with Gasteiger partial charge in [-0.3, -0.25) is 0 Å². The first-order valence-electron chi connectivity index (χ1n) is 24.8. The molecule has 5 nitrogen and oxygen atoms in total. The van der Waals surface area contributed by atoms with Crippen LogP contribution in [-0.2, 0) is 28.0 Å². The van der Waals surface area contributed by atoms with Crippen LogP contribution in [0.1, 0.15) is 119 Å². The van der Waals surface area contributed by atoms with Gasteiger partial charge in [0, 0.05) is 39.5 Å². The Morgan fingerprint density at radius 2 is 1.04 bits per heavy atom. The van der Waals surface area contributed by atoms with Gasteiger partial charge in [0.25, 0.3) is 0 Å². The second-order valence-electron chi connectivity index (χ2n) is 17.5. The third kappa shape index (κ3) is 31.1. The van der Waals surface area contributed by atoms with E-state index >= 15 is 0 Å². The highest BCUT2D eigenvalue weighted by Gasteiger charge is 2.36. The van der Waals surface area contributed by atoms with Crippen molar-refractivity contribution < 1.29 is 53.4 Å². The van der Waals surface area contributed by atoms with Gasteiger partial charge in [-0.15, -0.1) is 91.1 Å². The second kappa shape index (κ2) is 38.6. The Bertz CT molecular complexity index is 2680. The maximum atomic E-state index is 12.0. The molecule has 8 aromatic rings. The molecular weight excluding hydrogens is 1320 g/mol. The molecule has 0 fully saturated rings. The van der Waals surface area contributed by atoms with E-state index < -0.39 is 33.8 Å². The normalized spacial score (nSPS) is 12.6. The van der Waals surface area contributed by atoms with Crippen LogP contribution in [0.2, 0.25) is 5.02 Å². The molecule has 0 atom stereocenters. The molecule has 0 saturated heterocycles. The number of allylic oxidation sites excluding steroid dienone is 4. The van der Waals surface area contributed by atoms with E-state index in [0.29, 0.717) is 32.6 Å². The summed E-state index contributed by atoms with van der Waals surface area (Å²) in [6.07, 6.45) is -8.52. The van der Waals surface area contributed by atoms with E-state index in [9.17, 15) is 39.5 Å². The van der Waals surface area contributed by atoms with E-state index in [0.717, 1.165) is 58.7 Å². The number of nitrogens with zero attached hydrogens (tertiary/aromatic N) is 2. The van der Waals surface area contributed by atoms with Crippen LogP contribution < -0.4 is 0 Å². The lowest BCUT2D eigenvalue weighted by molar-refractivity contribution is -0.138. The van der Waals surface area contributed by atoms with Crippen LogP contribution in [-0.4, -0.2) is 28.9 Å². The van der Waals surface area contributed by atoms with Crippen molar-refractivity contribution in [3.63, 3.8) is 0 Å². The number of hydrogen-bond acceptors (Lipinski definition) is 13. The quantitative estimate of drug-likeness (QED) is 0.141. The average molecular weight is 1390 g/mol. The van der Waals surface area contributed by atoms with E-state index in [1.54, 1.807) is 58.5 Å². The van der Waals surface area contributed by atoms with Gasteiger partial charge in [0.15, 0.2) is 0 Å². The third-order valence-electron chi connectivity index (χ3n) is 11.1. The fourth-order valence-electron chi connectivity index (χ4n) is 5.59. The Labute approximate surface area is 523 Å². The molecule has 0 N–H and O–H groups in total. The van der Waals surface area contributed by atoms with Crippen LogP contribution in [0.15, 0.2) is 106 Å². The Balaban J connectivity index is 0.000000457. The van der Waals surface area contributed by atoms with E-state index in [2.05, 4.69) is 109 Å². The Kier molecular flexibility index (Phi) is 36.1. The standard InChI is InChI=1S/C7H12O.C6H6F3NS.C6H5F3S.C6H10OS.C6H8O.2C6H8S.C5H5BrS.C5H5ClS.C5H4F3NS/c1-6-4-3-5-8-7(6)2;1-3-5(6(7,8)9)11-4(2)10-3;1-4-5(2-3-10-4)6(7,8)9;1-5-6(2)8-4-3-7-5;3*1-5-3-4-7-6(5)2;2*1-4-5(6)2-3-7-4;1-3-4(5(6,7)8)10-2-9-3/h3-5H2,1-2H3;1-2H3;2-3H,1H3;3-4H2,1-2H3;3*3-4H,1-2H3;2*2-3H,1H3;2H,1H3. The van der Waals surface area contributed by atoms with Gasteiger partial charge in [-0.2, -0.15) is 39.5 Å². The van der Waals surface area contributed by atoms with Gasteiger partial charge in [0.1, 0.15) is 21.3 Å². The van der Waals surface area contributed by atoms with Crippen LogP contribution in [0.5, 0.6) is 0 Å². The van der Waals surface area contributed by atoms with Crippen LogP contribution >= 0.6 is 119 Å². The molecule has 0 amide bonds. The van der Waals surface area contributed by atoms with Gasteiger partial charge in [-0.25, -0.2) is 9.97 Å². The van der Waals surface area contributed by atoms with E-state index in [1.165, 1.54) is 95.7 Å². The lowest BCUT2D eigenvalue weighted by Crippen LogP contribution is -2.03. The predicted molar refractivity (Wildman–Crippen MR) is 339 cm³/mol. The van der Waals surface area contributed by atoms with Crippen molar-refractivity contribution >= 4 is 119 Å². The lowest BCUT2D eigenvalue weighted by atomic mass is 10.1. The van der Waals surface area contributed by atoms with Crippen molar-refractivity contribution in [1.29, 1.82) is 0 Å². The number of aromatic nitrogens is 2. The number of thiazole rings is 2. The summed E-state index contributed by atoms with van der Waals surface area (Å²) in [5.74, 6) is 4.36. The monoisotopic (exact) mass is 1380 g/mol. The van der Waals surface area contributed by atoms with Gasteiger partial charge in [-0.05, 0) is 225 Å². The highest BCUT2D eigenvalue weighted by Crippen LogP contribution is 2.37. The van der Waals surface area contributed by atoms with Gasteiger partial charge in [0.2, 0.25) is 0 Å². The number of furan rings is 1. The number of thioether (sulfide) groups is 1. The molecule has 8 aromatic heterocycles. The van der Waals surface area contributed by atoms with Gasteiger partial charge in [0.05, 0.1) is 57.7 Å². The molecule has 0 aliphatic carbocycles. The minimum atomic E-state index is -4.24. The molecule has 0 spiro atoms. The molecule has 10 heterocycles. The molecule has 0 unspecified atom stereocenters. The number of ether oxygens (including phenoxy) is 2. The molecule has 0 bridgehead atoms. The zero-order valence-electron chi connectivity index (χ0n) is 48.6. The molecule has 2 aliphatic heterocycles. The minimum absolute atomic E-state index is 0.0532. The minimum Gasteiger partial charge on any atom is -0.498 e. The van der Waals surface area contributed by atoms with E-state index in [4.69, 9.17) is 25.5 Å². The summed E-state index contributed by atoms with van der Waals surface area (Å²) < 4.78 is 124. The molecular formula is C58H71BrClF9N2O3S8. The molecule has 0 saturated carbocycles. The van der Waals surface area contributed by atoms with Gasteiger partial charge < -0.3 is 13.9 Å². The number of rotatable bonds is 0. The Hall–Kier alpha value is -3.39. The van der Waals surface area contributed by atoms with Crippen LogP contribution in [0.25, 0.3) is 0 Å². The van der Waals surface area contributed by atoms with Gasteiger partial charge in [-0.1, -0.05) is 11.6 Å². The first-order valence-corrected chi connectivity index (χ1v) is 33.1. The summed E-state index contributed by atoms with van der Waals surface area (Å²) in [4.78, 5) is 13.0. The fourth-order valence-corrected chi connectivity index (χ4v) is 12.0. The van der Waals surface area contributed by atoms with Gasteiger partial charge >= 0.3 is 18.5 Å². The highest BCUT2D eigenvalue weighted by molar-refractivity contribution is 9.10. The molecule has 0 aromatic carbocycles. The maximum Gasteiger partial charge on any atom is 0.427 e. The van der Waals surface area contributed by atoms with Crippen LogP contribution in [0.4, 0.5) is 39.5 Å². The van der Waals surface area contributed by atoms with Crippen molar-refractivity contribution in [3.05, 3.63) is 185 Å². The first kappa shape index (κ1) is 76.6. The van der Waals surface area contributed by atoms with E-state index in [1.807, 2.05) is 63.9 Å². The largest absolute Gasteiger partial charge is 0.498 e. The zero-order valence-corrected chi connectivity index (χ0v) is 57.5. The molecule has 2 aliphatic rings. The Morgan fingerprint density at radius 3 is 1.23 bits per heavy atom. The summed E-state index contributed by atoms with van der Waals surface area (Å²) in [6, 6.07) is 11.3. The topological polar surface area (TPSA) is 57.4 Å². The lowest BCUT2D eigenvalue weighted by Gasteiger charge is -2.15. The SMILES string of the molecule is CC1=C(C)OCCC1.CC1=C(C)SCCO1.Cc1ccoc1C.Cc1ccsc1C.Cc1ccsc1C.Cc1nc(C)c(C(F)(F)F)s1.Cc1ncsc1C(F)(F)F.Cc1sccc1Br.Cc1sccc1C(F)(F)F.Cc1sccc1Cl. The van der Waals surface area contributed by atoms with Crippen molar-refractivity contribution in [3.8, 4) is 0 Å². The summed E-state index contributed by atoms with van der Waals surface area (Å²) >= 11 is 20.3. The summed E-state index contributed by atoms with van der Waals surface area (Å²) in [5, 5.41) is 11.1. The van der Waals surface area contributed by atoms with Crippen molar-refractivity contribution in [2.24, 2.45) is 0 Å². The number of thiophene rings is 5.